The largest absolute Gasteiger partial charge is 0.285 e. The predicted octanol–water partition coefficient (Wildman–Crippen LogP) is 11.1. The average molecular weight is 672 g/mol. The molecule has 0 heterocycles. The van der Waals surface area contributed by atoms with Crippen molar-refractivity contribution in [1.29, 1.82) is 0 Å². The van der Waals surface area contributed by atoms with Crippen LogP contribution < -0.4 is 26.1 Å². The number of nitrogens with one attached hydrogen (secondary N) is 1. The Balaban J connectivity index is 1.64. The van der Waals surface area contributed by atoms with Crippen LogP contribution in [0.2, 0.25) is 36.3 Å². The third-order valence-corrected chi connectivity index (χ3v) is 25.3. The van der Waals surface area contributed by atoms with Crippen LogP contribution in [0.5, 0.6) is 0 Å². The Morgan fingerprint density at radius 3 is 1.22 bits per heavy atom. The molecule has 1 aliphatic rings. The second-order valence-corrected chi connectivity index (χ2v) is 25.8. The third-order valence-electron chi connectivity index (χ3n) is 11.2. The zero-order valence-corrected chi connectivity index (χ0v) is 33.3. The molecule has 0 radical (unpaired) electrons. The molecular weight excluding hydrogens is 606 g/mol. The van der Waals surface area contributed by atoms with Crippen molar-refractivity contribution in [3.05, 3.63) is 84.4 Å². The minimum atomic E-state index is -1.45. The molecule has 0 spiro atoms. The van der Waals surface area contributed by atoms with Gasteiger partial charge in [-0.25, -0.2) is 0 Å². The van der Waals surface area contributed by atoms with Crippen LogP contribution in [0.15, 0.2) is 78.9 Å². The molecule has 0 amide bonds. The van der Waals surface area contributed by atoms with Gasteiger partial charge in [0.15, 0.2) is 0 Å². The quantitative estimate of drug-likeness (QED) is 0.0988. The van der Waals surface area contributed by atoms with Crippen molar-refractivity contribution in [3.8, 4) is 0 Å². The van der Waals surface area contributed by atoms with Gasteiger partial charge in [-0.05, 0) is 47.8 Å². The van der Waals surface area contributed by atoms with Crippen LogP contribution in [-0.2, 0) is 0 Å². The minimum Gasteiger partial charge on any atom is -0.285 e. The maximum Gasteiger partial charge on any atom is 0.0866 e. The van der Waals surface area contributed by atoms with Crippen molar-refractivity contribution in [2.75, 3.05) is 0 Å². The zero-order chi connectivity index (χ0) is 32.8. The first-order chi connectivity index (χ1) is 22.5. The second kappa shape index (κ2) is 18.9. The highest BCUT2D eigenvalue weighted by molar-refractivity contribution is 7.71. The normalized spacial score (nSPS) is 17.5. The molecule has 252 valence electrons. The highest BCUT2D eigenvalue weighted by Gasteiger charge is 2.34. The van der Waals surface area contributed by atoms with Gasteiger partial charge in [0.1, 0.15) is 0 Å². The summed E-state index contributed by atoms with van der Waals surface area (Å²) in [7, 11) is -3.51. The lowest BCUT2D eigenvalue weighted by atomic mass is 9.82. The topological polar surface area (TPSA) is 12.0 Å². The Labute approximate surface area is 287 Å². The molecule has 0 aliphatic heterocycles. The summed E-state index contributed by atoms with van der Waals surface area (Å²) in [4.78, 5) is 0. The van der Waals surface area contributed by atoms with Crippen molar-refractivity contribution in [2.24, 2.45) is 0 Å². The summed E-state index contributed by atoms with van der Waals surface area (Å²) in [6.07, 6.45) is 13.0. The van der Waals surface area contributed by atoms with E-state index in [1.165, 1.54) is 117 Å². The maximum absolute atomic E-state index is 4.32. The van der Waals surface area contributed by atoms with E-state index in [2.05, 4.69) is 125 Å². The summed E-state index contributed by atoms with van der Waals surface area (Å²) in [5, 5.41) is 10.8. The van der Waals surface area contributed by atoms with Crippen LogP contribution in [0.4, 0.5) is 0 Å². The van der Waals surface area contributed by atoms with Gasteiger partial charge in [-0.15, -0.1) is 0 Å². The van der Waals surface area contributed by atoms with Crippen LogP contribution in [0.3, 0.4) is 0 Å². The summed E-state index contributed by atoms with van der Waals surface area (Å²) in [5.41, 5.74) is 1.53. The molecule has 0 atom stereocenters. The van der Waals surface area contributed by atoms with Gasteiger partial charge in [0.2, 0.25) is 0 Å². The first-order valence-corrected chi connectivity index (χ1v) is 25.9. The Hall–Kier alpha value is -1.52. The Bertz CT molecular complexity index is 1150. The van der Waals surface area contributed by atoms with Crippen molar-refractivity contribution in [3.63, 3.8) is 0 Å². The Kier molecular flexibility index (Phi) is 15.3. The standard InChI is InChI=1S/C42H66NPSi2/c1-7-30-45(31-8-2,32-9-3)41-26-22-39(23-27-41)44(43-38-20-18-37(19-21-38)36-16-14-13-15-17-36)40-24-28-42(29-25-40)46(33-10-4,34-11-5)35-12-6/h13-17,22-29,37-38,43H,7-12,18-21,30-35H2,1-6H3. The van der Waals surface area contributed by atoms with E-state index in [0.717, 1.165) is 0 Å². The van der Waals surface area contributed by atoms with Gasteiger partial charge in [-0.3, -0.25) is 5.09 Å². The molecule has 1 saturated carbocycles. The van der Waals surface area contributed by atoms with Crippen molar-refractivity contribution in [2.45, 2.75) is 154 Å². The summed E-state index contributed by atoms with van der Waals surface area (Å²) in [6, 6.07) is 41.0. The highest BCUT2D eigenvalue weighted by Crippen LogP contribution is 2.38. The van der Waals surface area contributed by atoms with E-state index in [1.807, 2.05) is 0 Å². The van der Waals surface area contributed by atoms with Gasteiger partial charge in [-0.2, -0.15) is 0 Å². The maximum atomic E-state index is 4.32. The van der Waals surface area contributed by atoms with Gasteiger partial charge in [0.25, 0.3) is 0 Å². The van der Waals surface area contributed by atoms with Crippen LogP contribution >= 0.6 is 8.07 Å². The molecule has 1 nitrogen and oxygen atoms in total. The molecule has 3 aromatic rings. The van der Waals surface area contributed by atoms with E-state index in [4.69, 9.17) is 0 Å². The summed E-state index contributed by atoms with van der Waals surface area (Å²) >= 11 is 0. The summed E-state index contributed by atoms with van der Waals surface area (Å²) < 4.78 is 0. The van der Waals surface area contributed by atoms with Crippen molar-refractivity contribution >= 4 is 45.2 Å². The van der Waals surface area contributed by atoms with E-state index < -0.39 is 24.2 Å². The van der Waals surface area contributed by atoms with E-state index in [-0.39, 0.29) is 0 Å². The molecule has 0 unspecified atom stereocenters. The summed E-state index contributed by atoms with van der Waals surface area (Å²) in [5.74, 6) is 0.714. The third kappa shape index (κ3) is 9.34. The molecule has 0 saturated heterocycles. The molecule has 1 aliphatic carbocycles. The molecule has 4 rings (SSSR count). The molecule has 46 heavy (non-hydrogen) atoms. The number of rotatable bonds is 19. The fourth-order valence-corrected chi connectivity index (χ4v) is 22.0. The lowest BCUT2D eigenvalue weighted by Gasteiger charge is -2.35. The number of hydrogen-bond donors (Lipinski definition) is 1. The fourth-order valence-electron chi connectivity index (χ4n) is 9.18. The first-order valence-electron chi connectivity index (χ1n) is 19.3. The minimum absolute atomic E-state index is 0.591. The van der Waals surface area contributed by atoms with Crippen molar-refractivity contribution in [1.82, 2.24) is 5.09 Å². The van der Waals surface area contributed by atoms with Crippen LogP contribution in [0.1, 0.15) is 117 Å². The van der Waals surface area contributed by atoms with Gasteiger partial charge in [0, 0.05) is 14.1 Å². The van der Waals surface area contributed by atoms with E-state index in [0.29, 0.717) is 12.0 Å². The second-order valence-electron chi connectivity index (χ2n) is 14.6. The molecular formula is C42H66NPSi2. The van der Waals surface area contributed by atoms with Gasteiger partial charge in [-0.1, -0.05) is 206 Å². The predicted molar refractivity (Wildman–Crippen MR) is 215 cm³/mol. The summed E-state index contributed by atoms with van der Waals surface area (Å²) in [6.45, 7) is 14.4. The fraction of sp³-hybridized carbons (Fsp3) is 0.571. The number of benzene rings is 3. The lowest BCUT2D eigenvalue weighted by molar-refractivity contribution is 0.380. The van der Waals surface area contributed by atoms with Crippen LogP contribution in [-0.4, -0.2) is 22.2 Å². The lowest BCUT2D eigenvalue weighted by Crippen LogP contribution is -2.48. The van der Waals surface area contributed by atoms with Gasteiger partial charge >= 0.3 is 0 Å². The van der Waals surface area contributed by atoms with E-state index >= 15 is 0 Å². The van der Waals surface area contributed by atoms with Gasteiger partial charge in [0.05, 0.1) is 16.1 Å². The zero-order valence-electron chi connectivity index (χ0n) is 30.4. The van der Waals surface area contributed by atoms with Crippen molar-refractivity contribution < 1.29 is 0 Å². The first kappa shape index (κ1) is 37.3. The van der Waals surface area contributed by atoms with Crippen LogP contribution in [0, 0.1) is 0 Å². The highest BCUT2D eigenvalue weighted by atomic mass is 31.1. The molecule has 1 N–H and O–H groups in total. The average Bonchev–Trinajstić information content (AvgIpc) is 3.09. The molecule has 0 aromatic heterocycles. The van der Waals surface area contributed by atoms with E-state index in [1.54, 1.807) is 10.4 Å². The molecule has 0 bridgehead atoms. The van der Waals surface area contributed by atoms with E-state index in [9.17, 15) is 0 Å². The Morgan fingerprint density at radius 2 is 0.870 bits per heavy atom. The molecule has 1 fully saturated rings. The molecule has 4 heteroatoms. The van der Waals surface area contributed by atoms with Crippen LogP contribution in [0.25, 0.3) is 0 Å². The molecule has 3 aromatic carbocycles. The number of hydrogen-bond acceptors (Lipinski definition) is 1. The SMILES string of the molecule is CCC[Si](CCC)(CCC)c1ccc(P(NC2CCC(c3ccccc3)CC2)c2ccc([Si](CCC)(CCC)CCC)cc2)cc1. The smallest absolute Gasteiger partial charge is 0.0866 e. The Morgan fingerprint density at radius 1 is 0.500 bits per heavy atom. The monoisotopic (exact) mass is 671 g/mol. The van der Waals surface area contributed by atoms with Gasteiger partial charge < -0.3 is 0 Å².